The zero-order chi connectivity index (χ0) is 16.1. The first-order valence-electron chi connectivity index (χ1n) is 9.14. The molecule has 0 saturated carbocycles. The van der Waals surface area contributed by atoms with E-state index in [2.05, 4.69) is 33.0 Å². The maximum absolute atomic E-state index is 10.4. The lowest BCUT2D eigenvalue weighted by Gasteiger charge is -2.24. The van der Waals surface area contributed by atoms with E-state index in [1.807, 2.05) is 0 Å². The number of hydrogen-bond acceptors (Lipinski definition) is 3. The molecule has 0 fully saturated rings. The summed E-state index contributed by atoms with van der Waals surface area (Å²) in [7, 11) is 0. The third-order valence-electron chi connectivity index (χ3n) is 4.29. The molecule has 0 aliphatic carbocycles. The Morgan fingerprint density at radius 2 is 1.48 bits per heavy atom. The molecule has 0 spiro atoms. The number of rotatable bonds is 14. The molecule has 3 nitrogen and oxygen atoms in total. The van der Waals surface area contributed by atoms with E-state index in [-0.39, 0.29) is 6.10 Å². The van der Waals surface area contributed by atoms with Gasteiger partial charge in [0.25, 0.3) is 0 Å². The Bertz CT molecular complexity index is 221. The van der Waals surface area contributed by atoms with Gasteiger partial charge in [-0.05, 0) is 50.6 Å². The van der Waals surface area contributed by atoms with Crippen LogP contribution in [0.3, 0.4) is 0 Å². The number of nitrogens with one attached hydrogen (secondary N) is 1. The molecule has 0 aromatic rings. The van der Waals surface area contributed by atoms with Crippen molar-refractivity contribution < 1.29 is 5.11 Å². The van der Waals surface area contributed by atoms with Gasteiger partial charge in [0.1, 0.15) is 0 Å². The molecule has 0 heterocycles. The lowest BCUT2D eigenvalue weighted by molar-refractivity contribution is 0.109. The smallest absolute Gasteiger partial charge is 0.0546 e. The van der Waals surface area contributed by atoms with Crippen LogP contribution in [0.5, 0.6) is 0 Å². The van der Waals surface area contributed by atoms with E-state index in [4.69, 9.17) is 5.73 Å². The second kappa shape index (κ2) is 13.5. The van der Waals surface area contributed by atoms with Crippen LogP contribution in [0.15, 0.2) is 0 Å². The summed E-state index contributed by atoms with van der Waals surface area (Å²) < 4.78 is 0. The van der Waals surface area contributed by atoms with Crippen LogP contribution in [0, 0.1) is 11.8 Å². The molecular formula is C18H40N2O. The quantitative estimate of drug-likeness (QED) is 0.458. The maximum atomic E-state index is 10.4. The fraction of sp³-hybridized carbons (Fsp3) is 1.00. The highest BCUT2D eigenvalue weighted by atomic mass is 16.3. The number of hydrogen-bond donors (Lipinski definition) is 3. The normalized spacial score (nSPS) is 16.1. The molecule has 0 radical (unpaired) electrons. The van der Waals surface area contributed by atoms with E-state index in [1.165, 1.54) is 32.1 Å². The van der Waals surface area contributed by atoms with Crippen LogP contribution in [0.2, 0.25) is 0 Å². The van der Waals surface area contributed by atoms with Gasteiger partial charge in [-0.1, -0.05) is 53.4 Å². The largest absolute Gasteiger partial charge is 0.393 e. The standard InChI is InChI=1S/C18H40N2O/c1-5-7-9-16(13-19)11-18(21)12-17(10-8-6-2)14-20-15(3)4/h15-18,20-21H,5-14,19H2,1-4H3. The van der Waals surface area contributed by atoms with Crippen LogP contribution in [0.1, 0.15) is 79.1 Å². The first-order chi connectivity index (χ1) is 10.0. The minimum Gasteiger partial charge on any atom is -0.393 e. The van der Waals surface area contributed by atoms with Gasteiger partial charge in [-0.25, -0.2) is 0 Å². The highest BCUT2D eigenvalue weighted by Crippen LogP contribution is 2.21. The van der Waals surface area contributed by atoms with Gasteiger partial charge in [0.15, 0.2) is 0 Å². The van der Waals surface area contributed by atoms with Crippen molar-refractivity contribution in [3.05, 3.63) is 0 Å². The predicted octanol–water partition coefficient (Wildman–Crippen LogP) is 3.70. The van der Waals surface area contributed by atoms with Crippen molar-refractivity contribution in [1.82, 2.24) is 5.32 Å². The number of unbranched alkanes of at least 4 members (excludes halogenated alkanes) is 2. The summed E-state index contributed by atoms with van der Waals surface area (Å²) in [6.07, 6.45) is 8.91. The summed E-state index contributed by atoms with van der Waals surface area (Å²) >= 11 is 0. The Hall–Kier alpha value is -0.120. The lowest BCUT2D eigenvalue weighted by atomic mass is 9.89. The SMILES string of the molecule is CCCCC(CN)CC(O)CC(CCCC)CNC(C)C. The Labute approximate surface area is 133 Å². The Kier molecular flexibility index (Phi) is 13.5. The molecule has 3 unspecified atom stereocenters. The molecule has 3 heteroatoms. The van der Waals surface area contributed by atoms with Crippen LogP contribution >= 0.6 is 0 Å². The molecule has 0 rings (SSSR count). The van der Waals surface area contributed by atoms with Crippen molar-refractivity contribution in [2.24, 2.45) is 17.6 Å². The number of nitrogens with two attached hydrogens (primary N) is 1. The predicted molar refractivity (Wildman–Crippen MR) is 93.5 cm³/mol. The first kappa shape index (κ1) is 20.9. The van der Waals surface area contributed by atoms with E-state index < -0.39 is 0 Å². The van der Waals surface area contributed by atoms with E-state index in [9.17, 15) is 5.11 Å². The minimum atomic E-state index is -0.189. The highest BCUT2D eigenvalue weighted by molar-refractivity contribution is 4.72. The molecule has 0 aliphatic heterocycles. The van der Waals surface area contributed by atoms with E-state index >= 15 is 0 Å². The Morgan fingerprint density at radius 1 is 0.952 bits per heavy atom. The number of aliphatic hydroxyl groups excluding tert-OH is 1. The summed E-state index contributed by atoms with van der Waals surface area (Å²) in [5.41, 5.74) is 5.85. The van der Waals surface area contributed by atoms with E-state index in [0.717, 1.165) is 25.8 Å². The van der Waals surface area contributed by atoms with Gasteiger partial charge >= 0.3 is 0 Å². The summed E-state index contributed by atoms with van der Waals surface area (Å²) in [6.45, 7) is 10.5. The number of aliphatic hydroxyl groups is 1. The second-order valence-corrected chi connectivity index (χ2v) is 6.94. The molecule has 0 aromatic carbocycles. The van der Waals surface area contributed by atoms with Crippen LogP contribution in [-0.2, 0) is 0 Å². The molecule has 0 aromatic heterocycles. The molecule has 0 aliphatic rings. The van der Waals surface area contributed by atoms with E-state index in [0.29, 0.717) is 24.4 Å². The average molecular weight is 301 g/mol. The fourth-order valence-electron chi connectivity index (χ4n) is 2.89. The zero-order valence-corrected chi connectivity index (χ0v) is 14.9. The average Bonchev–Trinajstić information content (AvgIpc) is 2.46. The third-order valence-corrected chi connectivity index (χ3v) is 4.29. The van der Waals surface area contributed by atoms with E-state index in [1.54, 1.807) is 0 Å². The van der Waals surface area contributed by atoms with Crippen molar-refractivity contribution in [2.75, 3.05) is 13.1 Å². The molecule has 0 saturated heterocycles. The van der Waals surface area contributed by atoms with Gasteiger partial charge in [0, 0.05) is 6.04 Å². The van der Waals surface area contributed by atoms with Crippen LogP contribution in [-0.4, -0.2) is 30.3 Å². The topological polar surface area (TPSA) is 58.3 Å². The van der Waals surface area contributed by atoms with Gasteiger partial charge in [-0.3, -0.25) is 0 Å². The molecule has 3 atom stereocenters. The van der Waals surface area contributed by atoms with Gasteiger partial charge in [0.2, 0.25) is 0 Å². The van der Waals surface area contributed by atoms with Crippen LogP contribution in [0.25, 0.3) is 0 Å². The highest BCUT2D eigenvalue weighted by Gasteiger charge is 2.18. The molecule has 21 heavy (non-hydrogen) atoms. The van der Waals surface area contributed by atoms with Gasteiger partial charge in [-0.15, -0.1) is 0 Å². The minimum absolute atomic E-state index is 0.189. The zero-order valence-electron chi connectivity index (χ0n) is 14.9. The van der Waals surface area contributed by atoms with Gasteiger partial charge in [0.05, 0.1) is 6.10 Å². The Balaban J connectivity index is 4.18. The summed E-state index contributed by atoms with van der Waals surface area (Å²) in [5, 5.41) is 13.9. The monoisotopic (exact) mass is 300 g/mol. The summed E-state index contributed by atoms with van der Waals surface area (Å²) in [4.78, 5) is 0. The van der Waals surface area contributed by atoms with Crippen LogP contribution in [0.4, 0.5) is 0 Å². The summed E-state index contributed by atoms with van der Waals surface area (Å²) in [5.74, 6) is 1.08. The summed E-state index contributed by atoms with van der Waals surface area (Å²) in [6, 6.07) is 0.521. The fourth-order valence-corrected chi connectivity index (χ4v) is 2.89. The lowest BCUT2D eigenvalue weighted by Crippen LogP contribution is -2.31. The molecular weight excluding hydrogens is 260 g/mol. The molecule has 128 valence electrons. The van der Waals surface area contributed by atoms with Crippen molar-refractivity contribution in [3.8, 4) is 0 Å². The maximum Gasteiger partial charge on any atom is 0.0546 e. The molecule has 4 N–H and O–H groups in total. The van der Waals surface area contributed by atoms with Crippen LogP contribution < -0.4 is 11.1 Å². The Morgan fingerprint density at radius 3 is 1.95 bits per heavy atom. The third kappa shape index (κ3) is 12.1. The molecule has 0 amide bonds. The van der Waals surface area contributed by atoms with Crippen molar-refractivity contribution in [1.29, 1.82) is 0 Å². The first-order valence-corrected chi connectivity index (χ1v) is 9.14. The second-order valence-electron chi connectivity index (χ2n) is 6.94. The van der Waals surface area contributed by atoms with Crippen molar-refractivity contribution in [3.63, 3.8) is 0 Å². The van der Waals surface area contributed by atoms with Crippen molar-refractivity contribution >= 4 is 0 Å². The molecule has 0 bridgehead atoms. The van der Waals surface area contributed by atoms with Gasteiger partial charge in [-0.2, -0.15) is 0 Å². The van der Waals surface area contributed by atoms with Crippen molar-refractivity contribution in [2.45, 2.75) is 91.2 Å². The van der Waals surface area contributed by atoms with Gasteiger partial charge < -0.3 is 16.2 Å².